The molecule has 0 aromatic heterocycles. The number of hydrogen-bond donors (Lipinski definition) is 2. The Kier molecular flexibility index (Phi) is 3.83. The van der Waals surface area contributed by atoms with E-state index in [9.17, 15) is 27.9 Å². The monoisotopic (exact) mass is 459 g/mol. The second-order valence-corrected chi connectivity index (χ2v) is 12.8. The molecule has 2 unspecified atom stereocenters. The predicted octanol–water partition coefficient (Wildman–Crippen LogP) is 0.800. The van der Waals surface area contributed by atoms with Crippen LogP contribution in [0.15, 0.2) is 12.1 Å². The Bertz CT molecular complexity index is 1240. The van der Waals surface area contributed by atoms with Gasteiger partial charge in [-0.3, -0.25) is 14.4 Å². The molecule has 9 heteroatoms. The van der Waals surface area contributed by atoms with Crippen LogP contribution in [0.3, 0.4) is 0 Å². The van der Waals surface area contributed by atoms with Crippen molar-refractivity contribution in [3.05, 3.63) is 34.4 Å². The molecule has 1 aromatic rings. The Balaban J connectivity index is 1.60. The van der Waals surface area contributed by atoms with Crippen LogP contribution in [0.2, 0.25) is 0 Å². The van der Waals surface area contributed by atoms with Gasteiger partial charge in [0.2, 0.25) is 11.6 Å². The normalized spacial score (nSPS) is 43.8. The number of hydrogen-bond acceptors (Lipinski definition) is 8. The van der Waals surface area contributed by atoms with E-state index >= 15 is 0 Å². The lowest BCUT2D eigenvalue weighted by atomic mass is 9.49. The summed E-state index contributed by atoms with van der Waals surface area (Å²) in [6, 6.07) is 1.84. The SMILES string of the molecule is C[C@@]12CCC[C@]3(C)c4cc5c(cc4C(=O)[C@](O)(OC1)[C@H]23)C(=O)C1C(NCCS1(=O)=O)C5=O. The van der Waals surface area contributed by atoms with E-state index in [0.717, 1.165) is 12.8 Å². The van der Waals surface area contributed by atoms with Gasteiger partial charge in [0.25, 0.3) is 0 Å². The van der Waals surface area contributed by atoms with Gasteiger partial charge in [-0.1, -0.05) is 20.3 Å². The molecule has 8 nitrogen and oxygen atoms in total. The Labute approximate surface area is 185 Å². The highest BCUT2D eigenvalue weighted by Gasteiger charge is 2.70. The highest BCUT2D eigenvalue weighted by molar-refractivity contribution is 7.93. The average Bonchev–Trinajstić information content (AvgIpc) is 3.02. The van der Waals surface area contributed by atoms with Crippen molar-refractivity contribution in [1.29, 1.82) is 0 Å². The zero-order valence-electron chi connectivity index (χ0n) is 17.9. The molecule has 1 saturated carbocycles. The number of ketones is 3. The molecule has 32 heavy (non-hydrogen) atoms. The number of sulfone groups is 1. The van der Waals surface area contributed by atoms with Crippen molar-refractivity contribution in [2.24, 2.45) is 11.3 Å². The molecule has 0 bridgehead atoms. The molecule has 6 atom stereocenters. The standard InChI is InChI=1S/C23H25NO7S/c1-21-4-3-5-22(2)14-9-12-11(8-13(14)19(27)23(28,20(21)22)31-10-21)17(26)18-15(16(12)25)24-6-7-32(18,29)30/h8-9,15,18,20,24,28H,3-7,10H2,1-2H3/t15?,18?,20-,21-,22-,23+/m1/s1. The number of aliphatic hydroxyl groups is 1. The second-order valence-electron chi connectivity index (χ2n) is 10.6. The van der Waals surface area contributed by atoms with Crippen LogP contribution >= 0.6 is 0 Å². The number of nitrogens with one attached hydrogen (secondary N) is 1. The van der Waals surface area contributed by atoms with E-state index in [1.165, 1.54) is 6.07 Å². The van der Waals surface area contributed by atoms with Crippen LogP contribution in [0.4, 0.5) is 0 Å². The number of Topliss-reactive ketones (excluding diaryl/α,β-unsaturated/α-hetero) is 3. The Hall–Kier alpha value is -1.94. The molecule has 3 fully saturated rings. The summed E-state index contributed by atoms with van der Waals surface area (Å²) < 4.78 is 31.0. The minimum absolute atomic E-state index is 0.0576. The summed E-state index contributed by atoms with van der Waals surface area (Å²) >= 11 is 0. The van der Waals surface area contributed by atoms with Crippen molar-refractivity contribution in [3.63, 3.8) is 0 Å². The van der Waals surface area contributed by atoms with Gasteiger partial charge in [-0.2, -0.15) is 0 Å². The number of carbonyl (C=O) groups excluding carboxylic acids is 3. The van der Waals surface area contributed by atoms with Crippen LogP contribution in [0.5, 0.6) is 0 Å². The topological polar surface area (TPSA) is 127 Å². The number of fused-ring (bicyclic) bond motifs is 4. The zero-order chi connectivity index (χ0) is 22.8. The summed E-state index contributed by atoms with van der Waals surface area (Å²) in [5.41, 5.74) is -0.108. The summed E-state index contributed by atoms with van der Waals surface area (Å²) in [4.78, 5) is 40.1. The van der Waals surface area contributed by atoms with Crippen LogP contribution < -0.4 is 5.32 Å². The van der Waals surface area contributed by atoms with Crippen molar-refractivity contribution >= 4 is 27.2 Å². The molecule has 0 radical (unpaired) electrons. The number of benzene rings is 1. The summed E-state index contributed by atoms with van der Waals surface area (Å²) in [5, 5.41) is 12.9. The lowest BCUT2D eigenvalue weighted by molar-refractivity contribution is -0.176. The van der Waals surface area contributed by atoms with Gasteiger partial charge in [0.15, 0.2) is 21.4 Å². The smallest absolute Gasteiger partial charge is 0.235 e. The first-order valence-corrected chi connectivity index (χ1v) is 12.8. The summed E-state index contributed by atoms with van der Waals surface area (Å²) in [7, 11) is -3.80. The Morgan fingerprint density at radius 1 is 1.06 bits per heavy atom. The number of ether oxygens (including phenoxy) is 1. The molecule has 2 aliphatic heterocycles. The molecule has 1 aromatic carbocycles. The summed E-state index contributed by atoms with van der Waals surface area (Å²) in [5.74, 6) is -4.41. The highest BCUT2D eigenvalue weighted by Crippen LogP contribution is 2.64. The second kappa shape index (κ2) is 5.94. The maximum Gasteiger partial charge on any atom is 0.235 e. The lowest BCUT2D eigenvalue weighted by Gasteiger charge is -2.54. The first-order chi connectivity index (χ1) is 14.9. The number of carbonyl (C=O) groups is 3. The molecule has 2 saturated heterocycles. The van der Waals surface area contributed by atoms with Crippen molar-refractivity contribution in [1.82, 2.24) is 5.32 Å². The van der Waals surface area contributed by atoms with Gasteiger partial charge in [-0.25, -0.2) is 8.42 Å². The fourth-order valence-corrected chi connectivity index (χ4v) is 9.09. The van der Waals surface area contributed by atoms with Crippen LogP contribution in [0, 0.1) is 11.3 Å². The van der Waals surface area contributed by atoms with E-state index in [4.69, 9.17) is 4.74 Å². The minimum Gasteiger partial charge on any atom is -0.359 e. The maximum atomic E-state index is 13.5. The van der Waals surface area contributed by atoms with Crippen LogP contribution in [0.1, 0.15) is 69.7 Å². The molecule has 170 valence electrons. The van der Waals surface area contributed by atoms with Gasteiger partial charge >= 0.3 is 0 Å². The third kappa shape index (κ3) is 2.23. The Morgan fingerprint density at radius 3 is 2.53 bits per heavy atom. The Morgan fingerprint density at radius 2 is 1.78 bits per heavy atom. The largest absolute Gasteiger partial charge is 0.359 e. The first kappa shape index (κ1) is 20.7. The van der Waals surface area contributed by atoms with Crippen molar-refractivity contribution in [2.45, 2.75) is 55.6 Å². The maximum absolute atomic E-state index is 13.5. The average molecular weight is 460 g/mol. The van der Waals surface area contributed by atoms with E-state index in [1.54, 1.807) is 6.07 Å². The quantitative estimate of drug-likeness (QED) is 0.583. The third-order valence-electron chi connectivity index (χ3n) is 8.65. The van der Waals surface area contributed by atoms with Gasteiger partial charge in [0, 0.05) is 40.0 Å². The highest BCUT2D eigenvalue weighted by atomic mass is 32.2. The van der Waals surface area contributed by atoms with Crippen molar-refractivity contribution in [3.8, 4) is 0 Å². The van der Waals surface area contributed by atoms with Gasteiger partial charge in [0.1, 0.15) is 5.25 Å². The first-order valence-electron chi connectivity index (χ1n) is 11.1. The summed E-state index contributed by atoms with van der Waals surface area (Å²) in [6.45, 7) is 4.39. The zero-order valence-corrected chi connectivity index (χ0v) is 18.8. The molecule has 0 spiro atoms. The van der Waals surface area contributed by atoms with Gasteiger partial charge in [-0.05, 0) is 30.5 Å². The van der Waals surface area contributed by atoms with E-state index in [0.29, 0.717) is 12.0 Å². The molecule has 3 aliphatic carbocycles. The molecular weight excluding hydrogens is 434 g/mol. The van der Waals surface area contributed by atoms with Gasteiger partial charge in [-0.15, -0.1) is 0 Å². The van der Waals surface area contributed by atoms with Crippen LogP contribution in [-0.4, -0.2) is 66.9 Å². The van der Waals surface area contributed by atoms with E-state index in [2.05, 4.69) is 5.32 Å². The summed E-state index contributed by atoms with van der Waals surface area (Å²) in [6.07, 6.45) is 2.41. The molecule has 2 N–H and O–H groups in total. The van der Waals surface area contributed by atoms with Crippen LogP contribution in [-0.2, 0) is 20.0 Å². The number of rotatable bonds is 0. The van der Waals surface area contributed by atoms with Crippen molar-refractivity contribution < 1.29 is 32.6 Å². The minimum atomic E-state index is -3.80. The van der Waals surface area contributed by atoms with Crippen LogP contribution in [0.25, 0.3) is 0 Å². The molecule has 2 heterocycles. The third-order valence-corrected chi connectivity index (χ3v) is 10.7. The predicted molar refractivity (Wildman–Crippen MR) is 113 cm³/mol. The fourth-order valence-electron chi connectivity index (χ4n) is 7.35. The van der Waals surface area contributed by atoms with Crippen molar-refractivity contribution in [2.75, 3.05) is 18.9 Å². The van der Waals surface area contributed by atoms with Gasteiger partial charge < -0.3 is 15.2 Å². The fraction of sp³-hybridized carbons (Fsp3) is 0.609. The lowest BCUT2D eigenvalue weighted by Crippen LogP contribution is -2.63. The molecular formula is C23H25NO7S. The van der Waals surface area contributed by atoms with E-state index < -0.39 is 55.6 Å². The van der Waals surface area contributed by atoms with Gasteiger partial charge in [0.05, 0.1) is 18.4 Å². The molecule has 6 rings (SSSR count). The van der Waals surface area contributed by atoms with E-state index in [-0.39, 0.29) is 41.0 Å². The molecule has 5 aliphatic rings. The molecule has 0 amide bonds. The van der Waals surface area contributed by atoms with E-state index in [1.807, 2.05) is 13.8 Å².